The van der Waals surface area contributed by atoms with Crippen molar-refractivity contribution >= 4 is 21.8 Å². The Bertz CT molecular complexity index is 1840. The Morgan fingerprint density at radius 3 is 2.27 bits per heavy atom. The molecule has 0 fully saturated rings. The van der Waals surface area contributed by atoms with Crippen LogP contribution >= 0.6 is 0 Å². The lowest BCUT2D eigenvalue weighted by molar-refractivity contribution is 0.483. The Kier molecular flexibility index (Phi) is 5.03. The molecule has 0 N–H and O–H groups in total. The van der Waals surface area contributed by atoms with E-state index < -0.39 is 0 Å². The van der Waals surface area contributed by atoms with Crippen LogP contribution in [0.15, 0.2) is 134 Å². The van der Waals surface area contributed by atoms with Crippen molar-refractivity contribution in [1.29, 1.82) is 0 Å². The highest BCUT2D eigenvalue weighted by Gasteiger charge is 2.14. The van der Waals surface area contributed by atoms with Crippen LogP contribution in [0.1, 0.15) is 0 Å². The first-order valence-electron chi connectivity index (χ1n) is 12.2. The quantitative estimate of drug-likeness (QED) is 0.253. The molecule has 3 aromatic heterocycles. The highest BCUT2D eigenvalue weighted by atomic mass is 16.5. The van der Waals surface area contributed by atoms with Gasteiger partial charge in [0.1, 0.15) is 17.3 Å². The number of nitrogens with zero attached hydrogens (tertiary/aromatic N) is 4. The van der Waals surface area contributed by atoms with E-state index in [0.29, 0.717) is 0 Å². The molecule has 37 heavy (non-hydrogen) atoms. The summed E-state index contributed by atoms with van der Waals surface area (Å²) in [7, 11) is 0. The van der Waals surface area contributed by atoms with E-state index in [1.807, 2.05) is 71.7 Å². The summed E-state index contributed by atoms with van der Waals surface area (Å²) >= 11 is 0. The van der Waals surface area contributed by atoms with Crippen LogP contribution in [0.25, 0.3) is 44.4 Å². The molecule has 0 radical (unpaired) electrons. The molecule has 0 amide bonds. The van der Waals surface area contributed by atoms with Crippen molar-refractivity contribution in [2.75, 3.05) is 0 Å². The number of rotatable bonds is 5. The zero-order chi connectivity index (χ0) is 24.6. The fourth-order valence-electron chi connectivity index (χ4n) is 4.83. The van der Waals surface area contributed by atoms with Crippen LogP contribution < -0.4 is 4.74 Å². The molecule has 0 saturated heterocycles. The van der Waals surface area contributed by atoms with Gasteiger partial charge in [-0.2, -0.15) is 5.10 Å². The standard InChI is InChI=1S/C32H22N4O/c1-2-8-23(9-3-1)24-14-17-32(33-22-24)36-30-13-5-4-12-28(30)29-16-15-27(21-31(29)36)37-26-11-6-10-25(20-26)35-19-7-18-34-35/h1-22H. The second-order valence-electron chi connectivity index (χ2n) is 8.85. The van der Waals surface area contributed by atoms with Gasteiger partial charge in [0.15, 0.2) is 0 Å². The first kappa shape index (κ1) is 21.1. The van der Waals surface area contributed by atoms with E-state index in [1.54, 1.807) is 6.20 Å². The Morgan fingerprint density at radius 2 is 1.43 bits per heavy atom. The summed E-state index contributed by atoms with van der Waals surface area (Å²) < 4.78 is 10.3. The molecular formula is C32H22N4O. The number of fused-ring (bicyclic) bond motifs is 3. The summed E-state index contributed by atoms with van der Waals surface area (Å²) in [5, 5.41) is 6.66. The van der Waals surface area contributed by atoms with Gasteiger partial charge >= 0.3 is 0 Å². The maximum absolute atomic E-state index is 6.31. The number of hydrogen-bond acceptors (Lipinski definition) is 3. The van der Waals surface area contributed by atoms with Crippen LogP contribution in [-0.2, 0) is 0 Å². The van der Waals surface area contributed by atoms with Crippen LogP contribution in [0.4, 0.5) is 0 Å². The molecule has 0 bridgehead atoms. The van der Waals surface area contributed by atoms with Crippen LogP contribution in [0.5, 0.6) is 11.5 Å². The lowest BCUT2D eigenvalue weighted by Gasteiger charge is -2.10. The number of para-hydroxylation sites is 1. The van der Waals surface area contributed by atoms with E-state index in [1.165, 1.54) is 5.39 Å². The van der Waals surface area contributed by atoms with Gasteiger partial charge in [-0.3, -0.25) is 4.57 Å². The number of pyridine rings is 1. The zero-order valence-electron chi connectivity index (χ0n) is 19.9. The zero-order valence-corrected chi connectivity index (χ0v) is 19.9. The molecule has 5 heteroatoms. The number of aromatic nitrogens is 4. The fraction of sp³-hybridized carbons (Fsp3) is 0. The Hall–Kier alpha value is -5.16. The molecule has 3 heterocycles. The molecule has 0 saturated carbocycles. The average Bonchev–Trinajstić information content (AvgIpc) is 3.61. The van der Waals surface area contributed by atoms with Gasteiger partial charge in [0.05, 0.1) is 16.7 Å². The summed E-state index contributed by atoms with van der Waals surface area (Å²) in [5.74, 6) is 2.37. The first-order chi connectivity index (χ1) is 18.3. The topological polar surface area (TPSA) is 44.9 Å². The smallest absolute Gasteiger partial charge is 0.137 e. The molecule has 0 atom stereocenters. The van der Waals surface area contributed by atoms with E-state index >= 15 is 0 Å². The van der Waals surface area contributed by atoms with Crippen molar-refractivity contribution in [1.82, 2.24) is 19.3 Å². The number of ether oxygens (including phenoxy) is 1. The maximum Gasteiger partial charge on any atom is 0.137 e. The molecule has 7 rings (SSSR count). The van der Waals surface area contributed by atoms with Crippen molar-refractivity contribution in [2.24, 2.45) is 0 Å². The molecule has 0 unspecified atom stereocenters. The molecule has 0 aliphatic heterocycles. The lowest BCUT2D eigenvalue weighted by atomic mass is 10.1. The lowest BCUT2D eigenvalue weighted by Crippen LogP contribution is -1.97. The molecule has 0 aliphatic carbocycles. The third-order valence-electron chi connectivity index (χ3n) is 6.55. The maximum atomic E-state index is 6.31. The number of benzene rings is 4. The summed E-state index contributed by atoms with van der Waals surface area (Å²) in [6.45, 7) is 0. The molecule has 0 spiro atoms. The summed E-state index contributed by atoms with van der Waals surface area (Å²) in [4.78, 5) is 4.86. The molecular weight excluding hydrogens is 456 g/mol. The van der Waals surface area contributed by atoms with Gasteiger partial charge in [0.2, 0.25) is 0 Å². The van der Waals surface area contributed by atoms with E-state index in [2.05, 4.69) is 70.3 Å². The van der Waals surface area contributed by atoms with Crippen molar-refractivity contribution in [2.45, 2.75) is 0 Å². The second kappa shape index (κ2) is 8.81. The minimum Gasteiger partial charge on any atom is -0.457 e. The summed E-state index contributed by atoms with van der Waals surface area (Å²) in [6, 6.07) is 39.0. The first-order valence-corrected chi connectivity index (χ1v) is 12.2. The monoisotopic (exact) mass is 478 g/mol. The van der Waals surface area contributed by atoms with Gasteiger partial charge in [-0.1, -0.05) is 54.6 Å². The van der Waals surface area contributed by atoms with Gasteiger partial charge in [0, 0.05) is 47.1 Å². The van der Waals surface area contributed by atoms with E-state index in [4.69, 9.17) is 9.72 Å². The van der Waals surface area contributed by atoms with Crippen LogP contribution in [0, 0.1) is 0 Å². The minimum absolute atomic E-state index is 0.750. The van der Waals surface area contributed by atoms with Gasteiger partial charge in [0.25, 0.3) is 0 Å². The van der Waals surface area contributed by atoms with Crippen LogP contribution in [0.2, 0.25) is 0 Å². The molecule has 4 aromatic carbocycles. The SMILES string of the molecule is c1ccc(-c2ccc(-n3c4ccccc4c4ccc(Oc5cccc(-n6cccn6)c5)cc43)nc2)cc1. The van der Waals surface area contributed by atoms with Crippen molar-refractivity contribution in [3.63, 3.8) is 0 Å². The van der Waals surface area contributed by atoms with Gasteiger partial charge < -0.3 is 4.74 Å². The molecule has 176 valence electrons. The fourth-order valence-corrected chi connectivity index (χ4v) is 4.83. The third kappa shape index (κ3) is 3.83. The number of hydrogen-bond donors (Lipinski definition) is 0. The summed E-state index contributed by atoms with van der Waals surface area (Å²) in [5.41, 5.74) is 5.33. The Labute approximate surface area is 213 Å². The normalized spacial score (nSPS) is 11.2. The molecule has 5 nitrogen and oxygen atoms in total. The highest BCUT2D eigenvalue weighted by molar-refractivity contribution is 6.09. The third-order valence-corrected chi connectivity index (χ3v) is 6.55. The van der Waals surface area contributed by atoms with Gasteiger partial charge in [-0.05, 0) is 54.1 Å². The molecule has 0 aliphatic rings. The second-order valence-corrected chi connectivity index (χ2v) is 8.85. The van der Waals surface area contributed by atoms with Crippen LogP contribution in [-0.4, -0.2) is 19.3 Å². The van der Waals surface area contributed by atoms with Gasteiger partial charge in [-0.25, -0.2) is 9.67 Å². The average molecular weight is 479 g/mol. The highest BCUT2D eigenvalue weighted by Crippen LogP contribution is 2.35. The van der Waals surface area contributed by atoms with Crippen LogP contribution in [0.3, 0.4) is 0 Å². The van der Waals surface area contributed by atoms with Crippen molar-refractivity contribution in [3.05, 3.63) is 134 Å². The predicted molar refractivity (Wildman–Crippen MR) is 148 cm³/mol. The minimum atomic E-state index is 0.750. The van der Waals surface area contributed by atoms with Crippen molar-refractivity contribution < 1.29 is 4.74 Å². The van der Waals surface area contributed by atoms with E-state index in [9.17, 15) is 0 Å². The van der Waals surface area contributed by atoms with E-state index in [-0.39, 0.29) is 0 Å². The van der Waals surface area contributed by atoms with Gasteiger partial charge in [-0.15, -0.1) is 0 Å². The Morgan fingerprint density at radius 1 is 0.595 bits per heavy atom. The largest absolute Gasteiger partial charge is 0.457 e. The Balaban J connectivity index is 1.32. The van der Waals surface area contributed by atoms with E-state index in [0.717, 1.165) is 50.6 Å². The predicted octanol–water partition coefficient (Wildman–Crippen LogP) is 7.82. The summed E-state index contributed by atoms with van der Waals surface area (Å²) in [6.07, 6.45) is 5.62. The molecule has 7 aromatic rings. The van der Waals surface area contributed by atoms with Crippen molar-refractivity contribution in [3.8, 4) is 34.1 Å².